The molecule has 2 aromatic rings. The molecule has 222 valence electrons. The number of aliphatic hydroxyl groups is 1. The fourth-order valence-corrected chi connectivity index (χ4v) is 6.22. The van der Waals surface area contributed by atoms with Crippen LogP contribution in [0.4, 0.5) is 0 Å². The Morgan fingerprint density at radius 3 is 2.25 bits per heavy atom. The zero-order valence-electron chi connectivity index (χ0n) is 24.6. The van der Waals surface area contributed by atoms with E-state index in [0.717, 1.165) is 5.56 Å². The van der Waals surface area contributed by atoms with Gasteiger partial charge in [-0.25, -0.2) is 8.42 Å². The molecule has 0 bridgehead atoms. The van der Waals surface area contributed by atoms with Gasteiger partial charge in [-0.1, -0.05) is 68.8 Å². The van der Waals surface area contributed by atoms with Crippen LogP contribution in [0.15, 0.2) is 59.5 Å². The minimum atomic E-state index is -4.21. The molecule has 1 aliphatic rings. The lowest BCUT2D eigenvalue weighted by Crippen LogP contribution is -2.56. The molecule has 3 rings (SSSR count). The van der Waals surface area contributed by atoms with Crippen molar-refractivity contribution >= 4 is 24.3 Å². The molecule has 0 radical (unpaired) electrons. The Kier molecular flexibility index (Phi) is 10.0. The number of rotatable bonds is 11. The maximum absolute atomic E-state index is 13.4. The van der Waals surface area contributed by atoms with Crippen LogP contribution in [-0.4, -0.2) is 64.6 Å². The number of nitrogens with one attached hydrogen (secondary N) is 1. The Balaban J connectivity index is 1.89. The first-order valence-corrected chi connectivity index (χ1v) is 17.8. The molecule has 0 aliphatic carbocycles. The van der Waals surface area contributed by atoms with Gasteiger partial charge in [0.2, 0.25) is 10.0 Å². The van der Waals surface area contributed by atoms with Crippen molar-refractivity contribution in [2.75, 3.05) is 6.61 Å². The average molecular weight is 594 g/mol. The van der Waals surface area contributed by atoms with Crippen molar-refractivity contribution in [3.8, 4) is 0 Å². The van der Waals surface area contributed by atoms with E-state index < -0.39 is 54.5 Å². The number of carbonyl (C=O) groups is 1. The van der Waals surface area contributed by atoms with Crippen LogP contribution >= 0.6 is 0 Å². The second-order valence-corrected chi connectivity index (χ2v) is 18.7. The van der Waals surface area contributed by atoms with E-state index >= 15 is 0 Å². The monoisotopic (exact) mass is 593 g/mol. The van der Waals surface area contributed by atoms with Gasteiger partial charge in [0.25, 0.3) is 0 Å². The van der Waals surface area contributed by atoms with Gasteiger partial charge in [0.05, 0.1) is 11.5 Å². The molecule has 1 saturated heterocycles. The molecule has 4 atom stereocenters. The maximum atomic E-state index is 13.4. The summed E-state index contributed by atoms with van der Waals surface area (Å²) in [4.78, 5) is 13.3. The molecule has 40 heavy (non-hydrogen) atoms. The molecule has 1 heterocycles. The lowest BCUT2D eigenvalue weighted by atomic mass is 10.0. The molecular weight excluding hydrogens is 550 g/mol. The molecule has 11 heteroatoms. The maximum Gasteiger partial charge on any atom is 0.327 e. The van der Waals surface area contributed by atoms with E-state index in [1.807, 2.05) is 13.0 Å². The van der Waals surface area contributed by atoms with Crippen molar-refractivity contribution in [2.24, 2.45) is 0 Å². The van der Waals surface area contributed by atoms with Crippen LogP contribution in [0.3, 0.4) is 0 Å². The SMILES string of the molecule is Cc1ccc(S(=O)(=O)N[C@@H](C(=O)OCc2ccccc2)[C@H](O)[C@@H]2OC(C)(C)O[C@H]2CO[Si](C)(C)C(C)(C)C)cc1. The van der Waals surface area contributed by atoms with Gasteiger partial charge in [-0.3, -0.25) is 4.79 Å². The lowest BCUT2D eigenvalue weighted by Gasteiger charge is -2.37. The molecule has 0 unspecified atom stereocenters. The topological polar surface area (TPSA) is 120 Å². The average Bonchev–Trinajstić information content (AvgIpc) is 3.19. The third kappa shape index (κ3) is 8.22. The summed E-state index contributed by atoms with van der Waals surface area (Å²) in [5.41, 5.74) is 1.59. The number of ether oxygens (including phenoxy) is 3. The van der Waals surface area contributed by atoms with Crippen LogP contribution < -0.4 is 4.72 Å². The van der Waals surface area contributed by atoms with Crippen LogP contribution in [-0.2, 0) is 40.1 Å². The van der Waals surface area contributed by atoms with Crippen molar-refractivity contribution < 1.29 is 37.0 Å². The number of aliphatic hydroxyl groups excluding tert-OH is 1. The van der Waals surface area contributed by atoms with E-state index in [2.05, 4.69) is 38.6 Å². The number of hydrogen-bond acceptors (Lipinski definition) is 8. The Labute approximate surface area is 239 Å². The third-order valence-electron chi connectivity index (χ3n) is 7.41. The molecule has 0 spiro atoms. The zero-order chi connectivity index (χ0) is 29.9. The summed E-state index contributed by atoms with van der Waals surface area (Å²) in [7, 11) is -6.40. The van der Waals surface area contributed by atoms with Crippen molar-refractivity contribution in [1.29, 1.82) is 0 Å². The molecule has 2 aromatic carbocycles. The van der Waals surface area contributed by atoms with E-state index in [1.165, 1.54) is 12.1 Å². The van der Waals surface area contributed by atoms with E-state index in [0.29, 0.717) is 5.56 Å². The minimum absolute atomic E-state index is 0.0483. The normalized spacial score (nSPS) is 21.1. The Bertz CT molecular complexity index is 1240. The number of esters is 1. The van der Waals surface area contributed by atoms with Crippen molar-refractivity contribution in [1.82, 2.24) is 4.72 Å². The summed E-state index contributed by atoms with van der Waals surface area (Å²) in [6.45, 7) is 15.8. The van der Waals surface area contributed by atoms with Gasteiger partial charge in [0, 0.05) is 0 Å². The highest BCUT2D eigenvalue weighted by Crippen LogP contribution is 2.38. The molecule has 1 aliphatic heterocycles. The Morgan fingerprint density at radius 1 is 1.07 bits per heavy atom. The molecule has 0 saturated carbocycles. The second-order valence-electron chi connectivity index (χ2n) is 12.2. The van der Waals surface area contributed by atoms with Crippen molar-refractivity contribution in [3.05, 3.63) is 65.7 Å². The predicted octanol–water partition coefficient (Wildman–Crippen LogP) is 4.29. The first-order valence-electron chi connectivity index (χ1n) is 13.4. The summed E-state index contributed by atoms with van der Waals surface area (Å²) in [6.07, 6.45) is -3.47. The number of benzene rings is 2. The summed E-state index contributed by atoms with van der Waals surface area (Å²) in [5, 5.41) is 11.5. The van der Waals surface area contributed by atoms with Gasteiger partial charge in [0.1, 0.15) is 31.0 Å². The summed E-state index contributed by atoms with van der Waals surface area (Å²) >= 11 is 0. The number of sulfonamides is 1. The Morgan fingerprint density at radius 2 is 1.68 bits per heavy atom. The van der Waals surface area contributed by atoms with Crippen LogP contribution in [0.1, 0.15) is 45.7 Å². The highest BCUT2D eigenvalue weighted by Gasteiger charge is 2.50. The van der Waals surface area contributed by atoms with Crippen molar-refractivity contribution in [3.63, 3.8) is 0 Å². The molecule has 0 amide bonds. The van der Waals surface area contributed by atoms with Crippen LogP contribution in [0.25, 0.3) is 0 Å². The van der Waals surface area contributed by atoms with Crippen LogP contribution in [0.2, 0.25) is 18.1 Å². The summed E-state index contributed by atoms with van der Waals surface area (Å²) in [6, 6.07) is 13.5. The highest BCUT2D eigenvalue weighted by atomic mass is 32.2. The zero-order valence-corrected chi connectivity index (χ0v) is 26.4. The fourth-order valence-electron chi connectivity index (χ4n) is 4.01. The van der Waals surface area contributed by atoms with E-state index in [1.54, 1.807) is 50.2 Å². The third-order valence-corrected chi connectivity index (χ3v) is 13.4. The van der Waals surface area contributed by atoms with Crippen LogP contribution in [0, 0.1) is 6.92 Å². The number of carbonyl (C=O) groups excluding carboxylic acids is 1. The lowest BCUT2D eigenvalue weighted by molar-refractivity contribution is -0.165. The molecule has 9 nitrogen and oxygen atoms in total. The summed E-state index contributed by atoms with van der Waals surface area (Å²) in [5.74, 6) is -2.04. The van der Waals surface area contributed by atoms with E-state index in [4.69, 9.17) is 18.6 Å². The van der Waals surface area contributed by atoms with Gasteiger partial charge >= 0.3 is 5.97 Å². The smallest absolute Gasteiger partial charge is 0.327 e. The first kappa shape index (κ1) is 32.4. The van der Waals surface area contributed by atoms with Crippen molar-refractivity contribution in [2.45, 2.75) is 101 Å². The number of hydrogen-bond donors (Lipinski definition) is 2. The van der Waals surface area contributed by atoms with E-state index in [-0.39, 0.29) is 23.1 Å². The molecule has 0 aromatic heterocycles. The largest absolute Gasteiger partial charge is 0.460 e. The van der Waals surface area contributed by atoms with Gasteiger partial charge in [-0.2, -0.15) is 4.72 Å². The fraction of sp³-hybridized carbons (Fsp3) is 0.552. The van der Waals surface area contributed by atoms with Gasteiger partial charge in [-0.15, -0.1) is 0 Å². The number of aryl methyl sites for hydroxylation is 1. The quantitative estimate of drug-likeness (QED) is 0.293. The van der Waals surface area contributed by atoms with E-state index in [9.17, 15) is 18.3 Å². The molecular formula is C29H43NO8SSi. The molecule has 2 N–H and O–H groups in total. The summed E-state index contributed by atoms with van der Waals surface area (Å²) < 4.78 is 52.9. The highest BCUT2D eigenvalue weighted by molar-refractivity contribution is 7.89. The minimum Gasteiger partial charge on any atom is -0.460 e. The second kappa shape index (κ2) is 12.4. The van der Waals surface area contributed by atoms with Gasteiger partial charge < -0.3 is 23.7 Å². The predicted molar refractivity (Wildman–Crippen MR) is 155 cm³/mol. The standard InChI is InChI=1S/C29H43NO8SSi/c1-20-14-16-22(17-15-20)39(33,34)30-24(27(32)35-18-21-12-10-9-11-13-21)25(31)26-23(37-29(5,6)38-26)19-36-40(7,8)28(2,3)4/h9-17,23-26,30-31H,18-19H2,1-8H3/t23-,24+,25-,26+/m0/s1. The molecule has 1 fully saturated rings. The Hall–Kier alpha value is -2.12. The van der Waals surface area contributed by atoms with Gasteiger partial charge in [-0.05, 0) is 56.6 Å². The van der Waals surface area contributed by atoms with Crippen LogP contribution in [0.5, 0.6) is 0 Å². The van der Waals surface area contributed by atoms with Gasteiger partial charge in [0.15, 0.2) is 14.1 Å². The first-order chi connectivity index (χ1) is 18.4.